The Bertz CT molecular complexity index is 328. The van der Waals surface area contributed by atoms with Gasteiger partial charge in [0, 0.05) is 6.42 Å². The van der Waals surface area contributed by atoms with Gasteiger partial charge in [-0.25, -0.2) is 0 Å². The molecule has 1 aromatic rings. The van der Waals surface area contributed by atoms with Gasteiger partial charge >= 0.3 is 0 Å². The molecule has 1 N–H and O–H groups in total. The zero-order valence-electron chi connectivity index (χ0n) is 9.71. The molecule has 1 aliphatic rings. The van der Waals surface area contributed by atoms with E-state index in [1.54, 1.807) is 0 Å². The monoisotopic (exact) mass is 209 g/mol. The summed E-state index contributed by atoms with van der Waals surface area (Å²) >= 11 is 0. The number of hydrogen-bond acceptors (Lipinski definition) is 4. The second-order valence-electron chi connectivity index (χ2n) is 4.82. The van der Waals surface area contributed by atoms with Crippen molar-refractivity contribution in [3.05, 3.63) is 11.7 Å². The molecule has 1 aliphatic carbocycles. The van der Waals surface area contributed by atoms with Crippen LogP contribution in [0, 0.1) is 5.92 Å². The predicted molar refractivity (Wildman–Crippen MR) is 57.4 cm³/mol. The Morgan fingerprint density at radius 2 is 2.20 bits per heavy atom. The summed E-state index contributed by atoms with van der Waals surface area (Å²) in [6, 6.07) is 0. The maximum absolute atomic E-state index is 5.29. The SMILES string of the molecule is CCNC(C)(C)c1nc(CC2CC2)no1. The highest BCUT2D eigenvalue weighted by Gasteiger charge is 2.28. The van der Waals surface area contributed by atoms with Crippen molar-refractivity contribution in [3.63, 3.8) is 0 Å². The van der Waals surface area contributed by atoms with Crippen LogP contribution >= 0.6 is 0 Å². The summed E-state index contributed by atoms with van der Waals surface area (Å²) in [7, 11) is 0. The van der Waals surface area contributed by atoms with Gasteiger partial charge in [-0.1, -0.05) is 12.1 Å². The summed E-state index contributed by atoms with van der Waals surface area (Å²) in [6.07, 6.45) is 3.62. The topological polar surface area (TPSA) is 51.0 Å². The first kappa shape index (κ1) is 10.6. The lowest BCUT2D eigenvalue weighted by Crippen LogP contribution is -2.36. The maximum atomic E-state index is 5.29. The van der Waals surface area contributed by atoms with Crippen molar-refractivity contribution >= 4 is 0 Å². The second kappa shape index (κ2) is 3.93. The first-order valence-electron chi connectivity index (χ1n) is 5.70. The number of nitrogens with zero attached hydrogens (tertiary/aromatic N) is 2. The van der Waals surface area contributed by atoms with E-state index in [0.29, 0.717) is 5.89 Å². The molecule has 0 radical (unpaired) electrons. The fraction of sp³-hybridized carbons (Fsp3) is 0.818. The third-order valence-corrected chi connectivity index (χ3v) is 2.79. The highest BCUT2D eigenvalue weighted by Crippen LogP contribution is 2.32. The van der Waals surface area contributed by atoms with Crippen LogP contribution in [0.1, 0.15) is 45.3 Å². The first-order valence-corrected chi connectivity index (χ1v) is 5.70. The molecule has 84 valence electrons. The fourth-order valence-corrected chi connectivity index (χ4v) is 1.69. The van der Waals surface area contributed by atoms with Crippen LogP contribution in [0.15, 0.2) is 4.52 Å². The zero-order valence-corrected chi connectivity index (χ0v) is 9.71. The highest BCUT2D eigenvalue weighted by molar-refractivity contribution is 5.00. The summed E-state index contributed by atoms with van der Waals surface area (Å²) in [5.41, 5.74) is -0.219. The van der Waals surface area contributed by atoms with Crippen molar-refractivity contribution in [2.45, 2.75) is 45.6 Å². The van der Waals surface area contributed by atoms with Crippen molar-refractivity contribution < 1.29 is 4.52 Å². The smallest absolute Gasteiger partial charge is 0.246 e. The average Bonchev–Trinajstić information content (AvgIpc) is 2.81. The molecule has 15 heavy (non-hydrogen) atoms. The van der Waals surface area contributed by atoms with E-state index in [-0.39, 0.29) is 5.54 Å². The number of hydrogen-bond donors (Lipinski definition) is 1. The largest absolute Gasteiger partial charge is 0.337 e. The summed E-state index contributed by atoms with van der Waals surface area (Å²) in [6.45, 7) is 7.09. The lowest BCUT2D eigenvalue weighted by atomic mass is 10.1. The van der Waals surface area contributed by atoms with Gasteiger partial charge in [0.15, 0.2) is 5.82 Å². The Hall–Kier alpha value is -0.900. The van der Waals surface area contributed by atoms with E-state index in [1.165, 1.54) is 12.8 Å². The average molecular weight is 209 g/mol. The highest BCUT2D eigenvalue weighted by atomic mass is 16.5. The van der Waals surface area contributed by atoms with E-state index in [1.807, 2.05) is 0 Å². The predicted octanol–water partition coefficient (Wildman–Crippen LogP) is 1.87. The van der Waals surface area contributed by atoms with Crippen LogP contribution in [0.5, 0.6) is 0 Å². The van der Waals surface area contributed by atoms with Gasteiger partial charge in [0.25, 0.3) is 0 Å². The van der Waals surface area contributed by atoms with E-state index in [0.717, 1.165) is 24.7 Å². The Balaban J connectivity index is 2.04. The third kappa shape index (κ3) is 2.56. The Labute approximate surface area is 90.4 Å². The molecule has 0 aromatic carbocycles. The van der Waals surface area contributed by atoms with Crippen molar-refractivity contribution in [1.82, 2.24) is 15.5 Å². The molecule has 1 heterocycles. The standard InChI is InChI=1S/C11H19N3O/c1-4-12-11(2,3)10-13-9(14-15-10)7-8-5-6-8/h8,12H,4-7H2,1-3H3. The van der Waals surface area contributed by atoms with Gasteiger partial charge in [-0.05, 0) is 39.2 Å². The van der Waals surface area contributed by atoms with Crippen molar-refractivity contribution in [2.24, 2.45) is 5.92 Å². The molecule has 0 saturated heterocycles. The molecule has 0 atom stereocenters. The summed E-state index contributed by atoms with van der Waals surface area (Å²) in [5.74, 6) is 2.36. The summed E-state index contributed by atoms with van der Waals surface area (Å²) in [4.78, 5) is 4.44. The number of aromatic nitrogens is 2. The van der Waals surface area contributed by atoms with Gasteiger partial charge in [-0.3, -0.25) is 0 Å². The molecular formula is C11H19N3O. The quantitative estimate of drug-likeness (QED) is 0.804. The molecule has 0 unspecified atom stereocenters. The molecule has 4 nitrogen and oxygen atoms in total. The third-order valence-electron chi connectivity index (χ3n) is 2.79. The van der Waals surface area contributed by atoms with Crippen LogP contribution in [0.3, 0.4) is 0 Å². The van der Waals surface area contributed by atoms with Crippen LogP contribution in [-0.2, 0) is 12.0 Å². The molecule has 0 aliphatic heterocycles. The molecule has 4 heteroatoms. The lowest BCUT2D eigenvalue weighted by Gasteiger charge is -2.20. The second-order valence-corrected chi connectivity index (χ2v) is 4.82. The van der Waals surface area contributed by atoms with E-state index in [4.69, 9.17) is 4.52 Å². The number of rotatable bonds is 5. The van der Waals surface area contributed by atoms with Crippen LogP contribution in [-0.4, -0.2) is 16.7 Å². The normalized spacial score (nSPS) is 17.0. The van der Waals surface area contributed by atoms with Crippen molar-refractivity contribution in [3.8, 4) is 0 Å². The molecule has 0 bridgehead atoms. The molecule has 1 fully saturated rings. The van der Waals surface area contributed by atoms with Gasteiger partial charge in [-0.2, -0.15) is 4.98 Å². The van der Waals surface area contributed by atoms with E-state index in [2.05, 4.69) is 36.2 Å². The molecule has 0 amide bonds. The molecule has 1 saturated carbocycles. The number of nitrogens with one attached hydrogen (secondary N) is 1. The van der Waals surface area contributed by atoms with Gasteiger partial charge in [0.1, 0.15) is 0 Å². The molecular weight excluding hydrogens is 190 g/mol. The molecule has 2 rings (SSSR count). The lowest BCUT2D eigenvalue weighted by molar-refractivity contribution is 0.270. The minimum Gasteiger partial charge on any atom is -0.337 e. The van der Waals surface area contributed by atoms with Gasteiger partial charge < -0.3 is 9.84 Å². The fourth-order valence-electron chi connectivity index (χ4n) is 1.69. The van der Waals surface area contributed by atoms with E-state index >= 15 is 0 Å². The van der Waals surface area contributed by atoms with Crippen LogP contribution in [0.4, 0.5) is 0 Å². The maximum Gasteiger partial charge on any atom is 0.246 e. The summed E-state index contributed by atoms with van der Waals surface area (Å²) < 4.78 is 5.29. The van der Waals surface area contributed by atoms with Gasteiger partial charge in [-0.15, -0.1) is 0 Å². The van der Waals surface area contributed by atoms with Crippen molar-refractivity contribution in [1.29, 1.82) is 0 Å². The molecule has 1 aromatic heterocycles. The Kier molecular flexibility index (Phi) is 2.78. The Morgan fingerprint density at radius 3 is 2.80 bits per heavy atom. The van der Waals surface area contributed by atoms with E-state index < -0.39 is 0 Å². The van der Waals surface area contributed by atoms with Crippen LogP contribution in [0.25, 0.3) is 0 Å². The van der Waals surface area contributed by atoms with Crippen LogP contribution in [0.2, 0.25) is 0 Å². The van der Waals surface area contributed by atoms with E-state index in [9.17, 15) is 0 Å². The first-order chi connectivity index (χ1) is 7.12. The van der Waals surface area contributed by atoms with Gasteiger partial charge in [0.05, 0.1) is 5.54 Å². The van der Waals surface area contributed by atoms with Crippen LogP contribution < -0.4 is 5.32 Å². The van der Waals surface area contributed by atoms with Crippen molar-refractivity contribution in [2.75, 3.05) is 6.54 Å². The summed E-state index contributed by atoms with van der Waals surface area (Å²) in [5, 5.41) is 7.34. The minimum atomic E-state index is -0.219. The minimum absolute atomic E-state index is 0.219. The Morgan fingerprint density at radius 1 is 1.47 bits per heavy atom. The zero-order chi connectivity index (χ0) is 10.9. The molecule has 0 spiro atoms. The van der Waals surface area contributed by atoms with Gasteiger partial charge in [0.2, 0.25) is 5.89 Å².